The zero-order valence-corrected chi connectivity index (χ0v) is 22.7. The molecule has 1 aliphatic carbocycles. The van der Waals surface area contributed by atoms with Crippen LogP contribution in [0.3, 0.4) is 0 Å². The van der Waals surface area contributed by atoms with E-state index in [1.807, 2.05) is 49.4 Å². The smallest absolute Gasteiger partial charge is 0.303 e. The Labute approximate surface area is 231 Å². The Hall–Kier alpha value is -3.06. The number of aliphatic carboxylic acids is 1. The number of hydrogen-bond donors (Lipinski definition) is 2. The first-order valence-corrected chi connectivity index (χ1v) is 13.6. The average Bonchev–Trinajstić information content (AvgIpc) is 3.55. The number of hydrogen-bond acceptors (Lipinski definition) is 4. The van der Waals surface area contributed by atoms with E-state index in [4.69, 9.17) is 38.1 Å². The van der Waals surface area contributed by atoms with Crippen LogP contribution in [0.25, 0.3) is 22.2 Å². The first-order valence-electron chi connectivity index (χ1n) is 12.9. The van der Waals surface area contributed by atoms with Crippen molar-refractivity contribution in [2.75, 3.05) is 0 Å². The SMILES string of the molecule is CC(CC(=O)O)c1ccc(OCc2ccc3c(-c4cc(Cl)c(CO)c(Cl)c4)nn(C4CCCC4)c3c2)cc1. The molecule has 1 aliphatic rings. The average molecular weight is 553 g/mol. The largest absolute Gasteiger partial charge is 0.489 e. The maximum Gasteiger partial charge on any atom is 0.303 e. The summed E-state index contributed by atoms with van der Waals surface area (Å²) in [5.41, 5.74) is 5.20. The lowest BCUT2D eigenvalue weighted by atomic mass is 9.98. The second-order valence-electron chi connectivity index (χ2n) is 10.0. The monoisotopic (exact) mass is 552 g/mol. The molecule has 8 heteroatoms. The highest BCUT2D eigenvalue weighted by molar-refractivity contribution is 6.36. The van der Waals surface area contributed by atoms with Crippen LogP contribution < -0.4 is 4.74 Å². The fourth-order valence-electron chi connectivity index (χ4n) is 5.24. The Kier molecular flexibility index (Phi) is 7.93. The summed E-state index contributed by atoms with van der Waals surface area (Å²) in [6.07, 6.45) is 4.66. The van der Waals surface area contributed by atoms with Crippen molar-refractivity contribution in [3.05, 3.63) is 81.3 Å². The molecule has 0 aliphatic heterocycles. The predicted molar refractivity (Wildman–Crippen MR) is 150 cm³/mol. The molecule has 1 atom stereocenters. The van der Waals surface area contributed by atoms with E-state index in [1.165, 1.54) is 12.8 Å². The fraction of sp³-hybridized carbons (Fsp3) is 0.333. The number of carboxylic acid groups (broad SMARTS) is 1. The van der Waals surface area contributed by atoms with E-state index in [0.29, 0.717) is 28.3 Å². The maximum absolute atomic E-state index is 11.0. The summed E-state index contributed by atoms with van der Waals surface area (Å²) in [4.78, 5) is 11.0. The minimum Gasteiger partial charge on any atom is -0.489 e. The van der Waals surface area contributed by atoms with Crippen molar-refractivity contribution in [3.8, 4) is 17.0 Å². The molecular formula is C30H30Cl2N2O4. The standard InChI is InChI=1S/C30H30Cl2N2O4/c1-18(12-29(36)37)20-7-9-23(10-8-20)38-17-19-6-11-24-28(13-19)34(22-4-2-3-5-22)33-30(24)21-14-26(31)25(16-35)27(32)15-21/h6-11,13-15,18,22,35H,2-5,12,16-17H2,1H3,(H,36,37). The number of nitrogens with zero attached hydrogens (tertiary/aromatic N) is 2. The van der Waals surface area contributed by atoms with Crippen LogP contribution in [0.2, 0.25) is 10.0 Å². The fourth-order valence-corrected chi connectivity index (χ4v) is 5.85. The van der Waals surface area contributed by atoms with Crippen molar-refractivity contribution in [1.82, 2.24) is 9.78 Å². The van der Waals surface area contributed by atoms with Crippen LogP contribution >= 0.6 is 23.2 Å². The summed E-state index contributed by atoms with van der Waals surface area (Å²) < 4.78 is 8.21. The molecule has 0 spiro atoms. The summed E-state index contributed by atoms with van der Waals surface area (Å²) >= 11 is 12.8. The summed E-state index contributed by atoms with van der Waals surface area (Å²) in [6.45, 7) is 2.08. The van der Waals surface area contributed by atoms with Crippen molar-refractivity contribution in [3.63, 3.8) is 0 Å². The third-order valence-electron chi connectivity index (χ3n) is 7.35. The first-order chi connectivity index (χ1) is 18.3. The van der Waals surface area contributed by atoms with E-state index in [0.717, 1.165) is 51.9 Å². The van der Waals surface area contributed by atoms with Gasteiger partial charge in [0.05, 0.1) is 24.6 Å². The number of aliphatic hydroxyl groups excluding tert-OH is 1. The molecule has 38 heavy (non-hydrogen) atoms. The van der Waals surface area contributed by atoms with Crippen molar-refractivity contribution in [2.24, 2.45) is 0 Å². The van der Waals surface area contributed by atoms with Crippen molar-refractivity contribution < 1.29 is 19.7 Å². The van der Waals surface area contributed by atoms with Gasteiger partial charge in [0.1, 0.15) is 18.1 Å². The zero-order valence-electron chi connectivity index (χ0n) is 21.2. The molecule has 0 saturated heterocycles. The van der Waals surface area contributed by atoms with Crippen molar-refractivity contribution >= 4 is 40.1 Å². The number of carboxylic acids is 1. The number of ether oxygens (including phenoxy) is 1. The molecule has 1 heterocycles. The van der Waals surface area contributed by atoms with Crippen LogP contribution in [0.1, 0.15) is 67.7 Å². The van der Waals surface area contributed by atoms with Gasteiger partial charge in [-0.25, -0.2) is 0 Å². The molecule has 4 aromatic rings. The summed E-state index contributed by atoms with van der Waals surface area (Å²) in [5, 5.41) is 25.5. The van der Waals surface area contributed by atoms with Crippen LogP contribution in [0.5, 0.6) is 5.75 Å². The Morgan fingerprint density at radius 3 is 2.39 bits per heavy atom. The molecule has 3 aromatic carbocycles. The highest BCUT2D eigenvalue weighted by atomic mass is 35.5. The Bertz CT molecular complexity index is 1440. The third kappa shape index (κ3) is 5.53. The van der Waals surface area contributed by atoms with Gasteiger partial charge in [-0.1, -0.05) is 67.2 Å². The Morgan fingerprint density at radius 1 is 1.08 bits per heavy atom. The second kappa shape index (κ2) is 11.4. The first kappa shape index (κ1) is 26.5. The number of fused-ring (bicyclic) bond motifs is 1. The minimum absolute atomic E-state index is 0.0568. The van der Waals surface area contributed by atoms with Gasteiger partial charge in [-0.3, -0.25) is 9.48 Å². The highest BCUT2D eigenvalue weighted by Gasteiger charge is 2.23. The normalized spacial score (nSPS) is 14.7. The lowest BCUT2D eigenvalue weighted by Crippen LogP contribution is -2.07. The molecule has 0 amide bonds. The van der Waals surface area contributed by atoms with Gasteiger partial charge >= 0.3 is 5.97 Å². The molecule has 0 bridgehead atoms. The van der Waals surface area contributed by atoms with Gasteiger partial charge in [0, 0.05) is 26.6 Å². The lowest BCUT2D eigenvalue weighted by molar-refractivity contribution is -0.137. The van der Waals surface area contributed by atoms with E-state index in [9.17, 15) is 9.90 Å². The Balaban J connectivity index is 1.43. The molecule has 0 radical (unpaired) electrons. The van der Waals surface area contributed by atoms with Gasteiger partial charge in [-0.2, -0.15) is 5.10 Å². The van der Waals surface area contributed by atoms with Crippen molar-refractivity contribution in [1.29, 1.82) is 0 Å². The van der Waals surface area contributed by atoms with Gasteiger partial charge < -0.3 is 14.9 Å². The molecule has 1 aromatic heterocycles. The third-order valence-corrected chi connectivity index (χ3v) is 8.02. The number of rotatable bonds is 9. The highest BCUT2D eigenvalue weighted by Crippen LogP contribution is 2.38. The number of halogens is 2. The van der Waals surface area contributed by atoms with Gasteiger partial charge in [-0.05, 0) is 60.2 Å². The molecule has 2 N–H and O–H groups in total. The number of aliphatic hydroxyl groups is 1. The molecule has 198 valence electrons. The molecular weight excluding hydrogens is 523 g/mol. The van der Waals surface area contributed by atoms with Crippen molar-refractivity contribution in [2.45, 2.75) is 64.2 Å². The van der Waals surface area contributed by atoms with Crippen LogP contribution in [-0.2, 0) is 18.0 Å². The van der Waals surface area contributed by atoms with Gasteiger partial charge in [0.25, 0.3) is 0 Å². The molecule has 1 saturated carbocycles. The second-order valence-corrected chi connectivity index (χ2v) is 10.8. The summed E-state index contributed by atoms with van der Waals surface area (Å²) in [7, 11) is 0. The van der Waals surface area contributed by atoms with E-state index in [1.54, 1.807) is 0 Å². The van der Waals surface area contributed by atoms with Gasteiger partial charge in [-0.15, -0.1) is 0 Å². The topological polar surface area (TPSA) is 84.6 Å². The zero-order chi connectivity index (χ0) is 26.8. The van der Waals surface area contributed by atoms with Crippen LogP contribution in [0.4, 0.5) is 0 Å². The molecule has 1 unspecified atom stereocenters. The Morgan fingerprint density at radius 2 is 1.76 bits per heavy atom. The van der Waals surface area contributed by atoms with Gasteiger partial charge in [0.2, 0.25) is 0 Å². The van der Waals surface area contributed by atoms with E-state index < -0.39 is 5.97 Å². The molecule has 1 fully saturated rings. The number of benzene rings is 3. The van der Waals surface area contributed by atoms with Crippen LogP contribution in [-0.4, -0.2) is 26.0 Å². The van der Waals surface area contributed by atoms with E-state index in [-0.39, 0.29) is 18.9 Å². The summed E-state index contributed by atoms with van der Waals surface area (Å²) in [5.74, 6) is -0.130. The maximum atomic E-state index is 11.0. The minimum atomic E-state index is -0.804. The quantitative estimate of drug-likeness (QED) is 0.221. The van der Waals surface area contributed by atoms with E-state index in [2.05, 4.69) is 16.8 Å². The van der Waals surface area contributed by atoms with Gasteiger partial charge in [0.15, 0.2) is 0 Å². The molecule has 6 nitrogen and oxygen atoms in total. The lowest BCUT2D eigenvalue weighted by Gasteiger charge is -2.13. The van der Waals surface area contributed by atoms with E-state index >= 15 is 0 Å². The molecule has 5 rings (SSSR count). The number of carbonyl (C=O) groups is 1. The number of aromatic nitrogens is 2. The van der Waals surface area contributed by atoms with Crippen LogP contribution in [0, 0.1) is 0 Å². The predicted octanol–water partition coefficient (Wildman–Crippen LogP) is 7.77. The summed E-state index contributed by atoms with van der Waals surface area (Å²) in [6, 6.07) is 17.8. The van der Waals surface area contributed by atoms with Crippen LogP contribution in [0.15, 0.2) is 54.6 Å².